The minimum atomic E-state index is -0.0484. The van der Waals surface area contributed by atoms with E-state index in [9.17, 15) is 4.79 Å². The quantitative estimate of drug-likeness (QED) is 0.338. The second-order valence-electron chi connectivity index (χ2n) is 8.31. The van der Waals surface area contributed by atoms with Crippen LogP contribution in [0.15, 0.2) is 37.2 Å². The Bertz CT molecular complexity index is 1530. The summed E-state index contributed by atoms with van der Waals surface area (Å²) in [5, 5.41) is 16.1. The first-order chi connectivity index (χ1) is 17.5. The van der Waals surface area contributed by atoms with Gasteiger partial charge in [-0.1, -0.05) is 12.5 Å². The number of nitrogen functional groups attached to an aromatic ring is 1. The number of likely N-dealkylation sites (tertiary alicyclic amines) is 1. The van der Waals surface area contributed by atoms with Gasteiger partial charge in [-0.05, 0) is 56.9 Å². The van der Waals surface area contributed by atoms with Crippen molar-refractivity contribution in [1.82, 2.24) is 34.6 Å². The monoisotopic (exact) mass is 481 g/mol. The van der Waals surface area contributed by atoms with Gasteiger partial charge in [-0.15, -0.1) is 0 Å². The van der Waals surface area contributed by atoms with Crippen molar-refractivity contribution in [3.05, 3.63) is 54.3 Å². The number of H-pyrrole nitrogens is 1. The molecule has 10 nitrogen and oxygen atoms in total. The van der Waals surface area contributed by atoms with Crippen LogP contribution in [-0.2, 0) is 11.3 Å². The third kappa shape index (κ3) is 4.89. The molecule has 1 amide bonds. The van der Waals surface area contributed by atoms with Gasteiger partial charge >= 0.3 is 0 Å². The number of imidazole rings is 1. The van der Waals surface area contributed by atoms with Gasteiger partial charge in [0.2, 0.25) is 5.91 Å². The predicted octanol–water partition coefficient (Wildman–Crippen LogP) is 3.09. The van der Waals surface area contributed by atoms with Gasteiger partial charge in [0.25, 0.3) is 0 Å². The highest BCUT2D eigenvalue weighted by molar-refractivity contribution is 5.90. The van der Waals surface area contributed by atoms with Crippen molar-refractivity contribution in [2.24, 2.45) is 0 Å². The third-order valence-electron chi connectivity index (χ3n) is 6.13. The van der Waals surface area contributed by atoms with Crippen molar-refractivity contribution >= 4 is 33.8 Å². The highest BCUT2D eigenvalue weighted by atomic mass is 16.2. The third-order valence-corrected chi connectivity index (χ3v) is 6.13. The Hall–Kier alpha value is -4.70. The van der Waals surface area contributed by atoms with E-state index in [0.29, 0.717) is 29.0 Å². The fourth-order valence-corrected chi connectivity index (χ4v) is 4.39. The number of fused-ring (bicyclic) bond motifs is 2. The number of rotatable bonds is 3. The van der Waals surface area contributed by atoms with Gasteiger partial charge in [-0.25, -0.2) is 15.0 Å². The molecule has 182 valence electrons. The van der Waals surface area contributed by atoms with Crippen molar-refractivity contribution in [2.75, 3.05) is 12.3 Å². The number of carbonyl (C=O) groups is 1. The van der Waals surface area contributed by atoms with E-state index < -0.39 is 0 Å². The zero-order chi connectivity index (χ0) is 25.7. The van der Waals surface area contributed by atoms with Crippen molar-refractivity contribution < 1.29 is 4.79 Å². The number of nitriles is 1. The zero-order valence-electron chi connectivity index (χ0n) is 20.3. The molecule has 1 aromatic carbocycles. The molecule has 4 aromatic rings. The number of benzene rings is 1. The van der Waals surface area contributed by atoms with Crippen LogP contribution in [-0.4, -0.2) is 53.1 Å². The van der Waals surface area contributed by atoms with Gasteiger partial charge in [0.15, 0.2) is 5.65 Å². The van der Waals surface area contributed by atoms with Crippen LogP contribution in [0.1, 0.15) is 43.3 Å². The molecule has 1 aliphatic rings. The molecular formula is C26H27N9O. The standard InChI is InChI=1S/C17H15N7.C9H12N2O/c1-3-24-10(2)21-13-8-11(5-7-14(13)24)4-6-12-15-16(18)19-9-20-17(15)23-22-12;1-2-9(12)11-7-3-4-8(11)5-6-10/h5,7-9H,3H2,1-2H3,(H3,18,19,20,22,23);2,8H,1,3-5,7H2. The number of nitrogens with one attached hydrogen (secondary N) is 1. The maximum absolute atomic E-state index is 11.2. The van der Waals surface area contributed by atoms with E-state index in [1.807, 2.05) is 25.1 Å². The Balaban J connectivity index is 0.000000214. The van der Waals surface area contributed by atoms with E-state index in [4.69, 9.17) is 11.0 Å². The number of amides is 1. The second kappa shape index (κ2) is 10.7. The number of hydrogen-bond acceptors (Lipinski definition) is 7. The smallest absolute Gasteiger partial charge is 0.246 e. The second-order valence-corrected chi connectivity index (χ2v) is 8.31. The van der Waals surface area contributed by atoms with Crippen LogP contribution in [0.3, 0.4) is 0 Å². The Morgan fingerprint density at radius 3 is 2.94 bits per heavy atom. The number of aryl methyl sites for hydroxylation is 2. The van der Waals surface area contributed by atoms with Crippen molar-refractivity contribution in [3.8, 4) is 17.9 Å². The largest absolute Gasteiger partial charge is 0.383 e. The Morgan fingerprint density at radius 2 is 2.19 bits per heavy atom. The van der Waals surface area contributed by atoms with Crippen LogP contribution < -0.4 is 5.73 Å². The topological polar surface area (TPSA) is 142 Å². The summed E-state index contributed by atoms with van der Waals surface area (Å²) in [5.74, 6) is 7.51. The Labute approximate surface area is 208 Å². The highest BCUT2D eigenvalue weighted by Gasteiger charge is 2.26. The summed E-state index contributed by atoms with van der Waals surface area (Å²) < 4.78 is 2.17. The first-order valence-electron chi connectivity index (χ1n) is 11.7. The molecule has 1 saturated heterocycles. The average molecular weight is 482 g/mol. The van der Waals surface area contributed by atoms with Gasteiger partial charge in [0.1, 0.15) is 23.7 Å². The van der Waals surface area contributed by atoms with E-state index in [0.717, 1.165) is 48.4 Å². The molecule has 10 heteroatoms. The minimum absolute atomic E-state index is 0.0484. The number of aromatic nitrogens is 6. The first kappa shape index (κ1) is 24.4. The molecule has 5 rings (SSSR count). The molecule has 1 unspecified atom stereocenters. The molecule has 1 aliphatic heterocycles. The number of hydrogen-bond donors (Lipinski definition) is 2. The Kier molecular flexibility index (Phi) is 7.26. The van der Waals surface area contributed by atoms with Crippen LogP contribution in [0.25, 0.3) is 22.1 Å². The molecule has 0 aliphatic carbocycles. The molecule has 0 bridgehead atoms. The fourth-order valence-electron chi connectivity index (χ4n) is 4.39. The van der Waals surface area contributed by atoms with Crippen LogP contribution in [0.4, 0.5) is 5.82 Å². The lowest BCUT2D eigenvalue weighted by molar-refractivity contribution is -0.126. The zero-order valence-corrected chi connectivity index (χ0v) is 20.3. The summed E-state index contributed by atoms with van der Waals surface area (Å²) in [5.41, 5.74) is 9.95. The number of nitrogens with zero attached hydrogens (tertiary/aromatic N) is 7. The van der Waals surface area contributed by atoms with E-state index in [1.54, 1.807) is 4.90 Å². The Morgan fingerprint density at radius 1 is 1.36 bits per heavy atom. The van der Waals surface area contributed by atoms with Crippen molar-refractivity contribution in [3.63, 3.8) is 0 Å². The summed E-state index contributed by atoms with van der Waals surface area (Å²) in [7, 11) is 0. The summed E-state index contributed by atoms with van der Waals surface area (Å²) in [6, 6.07) is 8.24. The normalized spacial score (nSPS) is 14.6. The van der Waals surface area contributed by atoms with Crippen LogP contribution >= 0.6 is 0 Å². The molecule has 0 radical (unpaired) electrons. The average Bonchev–Trinajstić information content (AvgIpc) is 3.59. The van der Waals surface area contributed by atoms with Gasteiger partial charge in [-0.3, -0.25) is 9.89 Å². The SMILES string of the molecule is C=CC(=O)N1CCCC1CC#N.CCn1c(C)nc2cc(C#Cc3[nH]nc4ncnc(N)c34)ccc21. The van der Waals surface area contributed by atoms with Gasteiger partial charge in [0, 0.05) is 24.7 Å². The van der Waals surface area contributed by atoms with Gasteiger partial charge < -0.3 is 15.2 Å². The molecule has 0 saturated carbocycles. The van der Waals surface area contributed by atoms with E-state index in [2.05, 4.69) is 61.1 Å². The fraction of sp³-hybridized carbons (Fsp3) is 0.308. The van der Waals surface area contributed by atoms with Crippen LogP contribution in [0.2, 0.25) is 0 Å². The lowest BCUT2D eigenvalue weighted by atomic mass is 10.1. The van der Waals surface area contributed by atoms with Crippen molar-refractivity contribution in [2.45, 2.75) is 45.7 Å². The number of anilines is 1. The van der Waals surface area contributed by atoms with Crippen LogP contribution in [0.5, 0.6) is 0 Å². The maximum atomic E-state index is 11.2. The molecule has 1 fully saturated rings. The molecule has 3 aromatic heterocycles. The number of aromatic amines is 1. The lowest BCUT2D eigenvalue weighted by Gasteiger charge is -2.20. The van der Waals surface area contributed by atoms with Crippen LogP contribution in [0, 0.1) is 30.1 Å². The molecule has 4 heterocycles. The van der Waals surface area contributed by atoms with E-state index in [-0.39, 0.29) is 11.9 Å². The predicted molar refractivity (Wildman–Crippen MR) is 137 cm³/mol. The summed E-state index contributed by atoms with van der Waals surface area (Å²) in [6.45, 7) is 9.21. The number of carbonyl (C=O) groups excluding carboxylic acids is 1. The summed E-state index contributed by atoms with van der Waals surface area (Å²) in [4.78, 5) is 25.6. The van der Waals surface area contributed by atoms with E-state index >= 15 is 0 Å². The van der Waals surface area contributed by atoms with Gasteiger partial charge in [0.05, 0.1) is 28.9 Å². The molecular weight excluding hydrogens is 454 g/mol. The van der Waals surface area contributed by atoms with Gasteiger partial charge in [-0.2, -0.15) is 10.4 Å². The lowest BCUT2D eigenvalue weighted by Crippen LogP contribution is -2.33. The summed E-state index contributed by atoms with van der Waals surface area (Å²) in [6.07, 6.45) is 5.10. The first-order valence-corrected chi connectivity index (χ1v) is 11.7. The molecule has 0 spiro atoms. The highest BCUT2D eigenvalue weighted by Crippen LogP contribution is 2.20. The molecule has 36 heavy (non-hydrogen) atoms. The molecule has 3 N–H and O–H groups in total. The summed E-state index contributed by atoms with van der Waals surface area (Å²) >= 11 is 0. The maximum Gasteiger partial charge on any atom is 0.246 e. The van der Waals surface area contributed by atoms with E-state index in [1.165, 1.54) is 12.4 Å². The molecule has 1 atom stereocenters. The minimum Gasteiger partial charge on any atom is -0.383 e. The van der Waals surface area contributed by atoms with Crippen molar-refractivity contribution in [1.29, 1.82) is 5.26 Å². The number of nitrogens with two attached hydrogens (primary N) is 1.